The second kappa shape index (κ2) is 7.10. The number of amides is 1. The molecule has 7 heteroatoms. The van der Waals surface area contributed by atoms with E-state index in [0.717, 1.165) is 10.2 Å². The van der Waals surface area contributed by atoms with Crippen molar-refractivity contribution in [2.75, 3.05) is 19.0 Å². The molecule has 24 heavy (non-hydrogen) atoms. The third-order valence-electron chi connectivity index (χ3n) is 3.28. The second-order valence-corrected chi connectivity index (χ2v) is 5.75. The molecule has 1 aromatic heterocycles. The van der Waals surface area contributed by atoms with Gasteiger partial charge in [0, 0.05) is 0 Å². The van der Waals surface area contributed by atoms with Crippen LogP contribution in [0.2, 0.25) is 0 Å². The molecule has 0 spiro atoms. The van der Waals surface area contributed by atoms with Crippen molar-refractivity contribution in [3.05, 3.63) is 53.5 Å². The number of esters is 1. The van der Waals surface area contributed by atoms with Crippen LogP contribution in [0.5, 0.6) is 5.75 Å². The maximum Gasteiger partial charge on any atom is 0.338 e. The number of hydrogen-bond donors (Lipinski definition) is 1. The van der Waals surface area contributed by atoms with Gasteiger partial charge >= 0.3 is 5.97 Å². The van der Waals surface area contributed by atoms with Crippen molar-refractivity contribution in [1.82, 2.24) is 4.98 Å². The molecule has 1 N–H and O–H groups in total. The lowest BCUT2D eigenvalue weighted by atomic mass is 10.2. The third-order valence-corrected chi connectivity index (χ3v) is 4.07. The van der Waals surface area contributed by atoms with Crippen LogP contribution in [-0.4, -0.2) is 30.6 Å². The maximum absolute atomic E-state index is 12.0. The number of hydrogen-bond acceptors (Lipinski definition) is 6. The Balaban J connectivity index is 1.60. The molecule has 122 valence electrons. The summed E-state index contributed by atoms with van der Waals surface area (Å²) in [6.07, 6.45) is 0. The van der Waals surface area contributed by atoms with Gasteiger partial charge in [0.05, 0.1) is 34.1 Å². The standard InChI is InChI=1S/C17H14N2O4S/c1-22-14-5-3-2-4-12(14)19-16(20)9-23-17(21)11-6-7-13-15(8-11)24-10-18-13/h2-8,10H,9H2,1H3,(H,19,20). The van der Waals surface area contributed by atoms with Gasteiger partial charge in [-0.25, -0.2) is 9.78 Å². The molecule has 0 atom stereocenters. The Labute approximate surface area is 142 Å². The number of nitrogens with zero attached hydrogens (tertiary/aromatic N) is 1. The number of benzene rings is 2. The van der Waals surface area contributed by atoms with E-state index in [-0.39, 0.29) is 6.61 Å². The summed E-state index contributed by atoms with van der Waals surface area (Å²) >= 11 is 1.44. The van der Waals surface area contributed by atoms with Crippen LogP contribution in [0.3, 0.4) is 0 Å². The van der Waals surface area contributed by atoms with Crippen molar-refractivity contribution in [3.63, 3.8) is 0 Å². The highest BCUT2D eigenvalue weighted by atomic mass is 32.1. The van der Waals surface area contributed by atoms with Gasteiger partial charge in [-0.3, -0.25) is 4.79 Å². The molecule has 0 aliphatic carbocycles. The molecule has 0 fully saturated rings. The van der Waals surface area contributed by atoms with Crippen molar-refractivity contribution in [1.29, 1.82) is 0 Å². The summed E-state index contributed by atoms with van der Waals surface area (Å²) in [6, 6.07) is 12.1. The molecule has 6 nitrogen and oxygen atoms in total. The lowest BCUT2D eigenvalue weighted by Gasteiger charge is -2.10. The van der Waals surface area contributed by atoms with E-state index in [1.807, 2.05) is 0 Å². The van der Waals surface area contributed by atoms with Crippen molar-refractivity contribution in [2.24, 2.45) is 0 Å². The molecule has 1 heterocycles. The Kier molecular flexibility index (Phi) is 4.72. The number of para-hydroxylation sites is 2. The molecule has 1 amide bonds. The molecule has 0 unspecified atom stereocenters. The summed E-state index contributed by atoms with van der Waals surface area (Å²) in [5.74, 6) is -0.458. The lowest BCUT2D eigenvalue weighted by molar-refractivity contribution is -0.119. The Morgan fingerprint density at radius 3 is 2.88 bits per heavy atom. The molecule has 0 saturated carbocycles. The number of rotatable bonds is 5. The molecule has 0 aliphatic heterocycles. The van der Waals surface area contributed by atoms with E-state index >= 15 is 0 Å². The fourth-order valence-electron chi connectivity index (χ4n) is 2.13. The summed E-state index contributed by atoms with van der Waals surface area (Å²) in [5.41, 5.74) is 3.44. The van der Waals surface area contributed by atoms with E-state index in [1.165, 1.54) is 18.4 Å². The first-order chi connectivity index (χ1) is 11.7. The number of carbonyl (C=O) groups excluding carboxylic acids is 2. The van der Waals surface area contributed by atoms with Gasteiger partial charge in [-0.1, -0.05) is 12.1 Å². The fourth-order valence-corrected chi connectivity index (χ4v) is 2.85. The molecule has 0 bridgehead atoms. The second-order valence-electron chi connectivity index (χ2n) is 4.86. The minimum Gasteiger partial charge on any atom is -0.495 e. The Bertz CT molecular complexity index is 891. The Morgan fingerprint density at radius 1 is 1.21 bits per heavy atom. The van der Waals surface area contributed by atoms with Crippen LogP contribution >= 0.6 is 11.3 Å². The van der Waals surface area contributed by atoms with Gasteiger partial charge < -0.3 is 14.8 Å². The van der Waals surface area contributed by atoms with E-state index < -0.39 is 11.9 Å². The van der Waals surface area contributed by atoms with Crippen LogP contribution in [-0.2, 0) is 9.53 Å². The number of aromatic nitrogens is 1. The first-order valence-corrected chi connectivity index (χ1v) is 7.98. The minimum atomic E-state index is -0.555. The van der Waals surface area contributed by atoms with Crippen LogP contribution in [0.25, 0.3) is 10.2 Å². The van der Waals surface area contributed by atoms with Crippen LogP contribution < -0.4 is 10.1 Å². The van der Waals surface area contributed by atoms with E-state index in [4.69, 9.17) is 9.47 Å². The fraction of sp³-hybridized carbons (Fsp3) is 0.118. The summed E-state index contributed by atoms with van der Waals surface area (Å²) in [7, 11) is 1.51. The Morgan fingerprint density at radius 2 is 2.04 bits per heavy atom. The van der Waals surface area contributed by atoms with E-state index in [1.54, 1.807) is 48.0 Å². The van der Waals surface area contributed by atoms with Crippen LogP contribution in [0, 0.1) is 0 Å². The molecule has 2 aromatic carbocycles. The normalized spacial score (nSPS) is 10.4. The summed E-state index contributed by atoms with van der Waals surface area (Å²) in [6.45, 7) is -0.377. The topological polar surface area (TPSA) is 77.5 Å². The lowest BCUT2D eigenvalue weighted by Crippen LogP contribution is -2.21. The van der Waals surface area contributed by atoms with Crippen molar-refractivity contribution >= 4 is 39.1 Å². The smallest absolute Gasteiger partial charge is 0.338 e. The van der Waals surface area contributed by atoms with E-state index in [0.29, 0.717) is 17.0 Å². The highest BCUT2D eigenvalue weighted by molar-refractivity contribution is 7.16. The van der Waals surface area contributed by atoms with Gasteiger partial charge in [-0.15, -0.1) is 11.3 Å². The van der Waals surface area contributed by atoms with E-state index in [2.05, 4.69) is 10.3 Å². The highest BCUT2D eigenvalue weighted by Gasteiger charge is 2.13. The van der Waals surface area contributed by atoms with Gasteiger partial charge in [0.25, 0.3) is 5.91 Å². The van der Waals surface area contributed by atoms with Crippen molar-refractivity contribution in [3.8, 4) is 5.75 Å². The number of nitrogens with one attached hydrogen (secondary N) is 1. The predicted molar refractivity (Wildman–Crippen MR) is 91.5 cm³/mol. The molecule has 0 saturated heterocycles. The predicted octanol–water partition coefficient (Wildman–Crippen LogP) is 3.10. The number of methoxy groups -OCH3 is 1. The van der Waals surface area contributed by atoms with Crippen molar-refractivity contribution in [2.45, 2.75) is 0 Å². The number of carbonyl (C=O) groups is 2. The SMILES string of the molecule is COc1ccccc1NC(=O)COC(=O)c1ccc2ncsc2c1. The van der Waals surface area contributed by atoms with Crippen molar-refractivity contribution < 1.29 is 19.1 Å². The zero-order valence-corrected chi connectivity index (χ0v) is 13.6. The average Bonchev–Trinajstić information content (AvgIpc) is 3.07. The van der Waals surface area contributed by atoms with E-state index in [9.17, 15) is 9.59 Å². The zero-order valence-electron chi connectivity index (χ0n) is 12.8. The molecule has 3 rings (SSSR count). The van der Waals surface area contributed by atoms with Crippen LogP contribution in [0.4, 0.5) is 5.69 Å². The summed E-state index contributed by atoms with van der Waals surface area (Å²) < 4.78 is 11.1. The first-order valence-electron chi connectivity index (χ1n) is 7.10. The quantitative estimate of drug-likeness (QED) is 0.721. The summed E-state index contributed by atoms with van der Waals surface area (Å²) in [5, 5.41) is 2.64. The highest BCUT2D eigenvalue weighted by Crippen LogP contribution is 2.23. The maximum atomic E-state index is 12.0. The average molecular weight is 342 g/mol. The zero-order chi connectivity index (χ0) is 16.9. The summed E-state index contributed by atoms with van der Waals surface area (Å²) in [4.78, 5) is 28.1. The van der Waals surface area contributed by atoms with Gasteiger partial charge in [-0.05, 0) is 30.3 Å². The van der Waals surface area contributed by atoms with Gasteiger partial charge in [0.15, 0.2) is 6.61 Å². The molecular weight excluding hydrogens is 328 g/mol. The van der Waals surface area contributed by atoms with Gasteiger partial charge in [-0.2, -0.15) is 0 Å². The number of thiazole rings is 1. The number of ether oxygens (including phenoxy) is 2. The van der Waals surface area contributed by atoms with Gasteiger partial charge in [0.1, 0.15) is 5.75 Å². The number of fused-ring (bicyclic) bond motifs is 1. The van der Waals surface area contributed by atoms with Crippen LogP contribution in [0.15, 0.2) is 48.0 Å². The minimum absolute atomic E-state index is 0.377. The molecule has 0 radical (unpaired) electrons. The first kappa shape index (κ1) is 15.9. The van der Waals surface area contributed by atoms with Gasteiger partial charge in [0.2, 0.25) is 0 Å². The third kappa shape index (κ3) is 3.52. The molecule has 3 aromatic rings. The molecular formula is C17H14N2O4S. The number of anilines is 1. The monoisotopic (exact) mass is 342 g/mol. The van der Waals surface area contributed by atoms with Crippen LogP contribution in [0.1, 0.15) is 10.4 Å². The molecule has 0 aliphatic rings. The largest absolute Gasteiger partial charge is 0.495 e. The Hall–Kier alpha value is -2.93.